The molecule has 6 nitrogen and oxygen atoms in total. The van der Waals surface area contributed by atoms with E-state index in [1.165, 1.54) is 12.8 Å². The lowest BCUT2D eigenvalue weighted by Gasteiger charge is -2.25. The predicted molar refractivity (Wildman–Crippen MR) is 76.2 cm³/mol. The Kier molecular flexibility index (Phi) is 3.94. The summed E-state index contributed by atoms with van der Waals surface area (Å²) in [6.07, 6.45) is 7.13. The monoisotopic (exact) mass is 292 g/mol. The Bertz CT molecular complexity index is 499. The average molecular weight is 292 g/mol. The first kappa shape index (κ1) is 13.8. The molecule has 20 heavy (non-hydrogen) atoms. The highest BCUT2D eigenvalue weighted by Crippen LogP contribution is 2.42. The highest BCUT2D eigenvalue weighted by atomic mass is 32.2. The zero-order chi connectivity index (χ0) is 14.0. The van der Waals surface area contributed by atoms with Crippen molar-refractivity contribution in [2.75, 3.05) is 12.8 Å². The maximum Gasteiger partial charge on any atom is 0.209 e. The minimum Gasteiger partial charge on any atom is -0.302 e. The van der Waals surface area contributed by atoms with Crippen molar-refractivity contribution >= 4 is 11.8 Å². The van der Waals surface area contributed by atoms with E-state index in [0.717, 1.165) is 30.8 Å². The number of aromatic nitrogens is 4. The number of nitrogens with one attached hydrogen (secondary N) is 1. The molecule has 1 aromatic heterocycles. The molecule has 7 heteroatoms. The summed E-state index contributed by atoms with van der Waals surface area (Å²) in [5, 5.41) is 25.7. The van der Waals surface area contributed by atoms with Crippen LogP contribution in [0.3, 0.4) is 0 Å². The van der Waals surface area contributed by atoms with E-state index in [4.69, 9.17) is 0 Å². The Hall–Kier alpha value is -1.13. The van der Waals surface area contributed by atoms with Crippen LogP contribution in [0.4, 0.5) is 0 Å². The number of nitrogens with zero attached hydrogens (tertiary/aromatic N) is 5. The van der Waals surface area contributed by atoms with Crippen molar-refractivity contribution in [2.45, 2.75) is 55.3 Å². The first-order valence-electron chi connectivity index (χ1n) is 7.30. The summed E-state index contributed by atoms with van der Waals surface area (Å²) >= 11 is 1.61. The fourth-order valence-corrected chi connectivity index (χ4v) is 4.20. The molecular weight excluding hydrogens is 272 g/mol. The highest BCUT2D eigenvalue weighted by Gasteiger charge is 2.45. The Morgan fingerprint density at radius 2 is 2.15 bits per heavy atom. The van der Waals surface area contributed by atoms with Crippen LogP contribution in [0.1, 0.15) is 44.6 Å². The van der Waals surface area contributed by atoms with E-state index in [-0.39, 0.29) is 0 Å². The molecule has 0 aromatic carbocycles. The molecule has 1 atom stereocenters. The standard InChI is InChI=1S/C13H20N6S/c1-15-13(8-14,10-6-7-10)9-20-12-16-17-18-19(12)11-4-2-3-5-11/h10-11,15H,2-7,9H2,1H3. The molecule has 0 radical (unpaired) electrons. The third kappa shape index (κ3) is 2.54. The Balaban J connectivity index is 1.69. The number of nitriles is 1. The van der Waals surface area contributed by atoms with Crippen LogP contribution in [-0.2, 0) is 0 Å². The fraction of sp³-hybridized carbons (Fsp3) is 0.846. The van der Waals surface area contributed by atoms with Crippen LogP contribution in [0.2, 0.25) is 0 Å². The van der Waals surface area contributed by atoms with Crippen molar-refractivity contribution in [3.05, 3.63) is 0 Å². The molecule has 3 rings (SSSR count). The van der Waals surface area contributed by atoms with E-state index >= 15 is 0 Å². The largest absolute Gasteiger partial charge is 0.302 e. The molecule has 1 N–H and O–H groups in total. The summed E-state index contributed by atoms with van der Waals surface area (Å²) in [6, 6.07) is 2.91. The molecule has 0 spiro atoms. The molecule has 108 valence electrons. The zero-order valence-corrected chi connectivity index (χ0v) is 12.6. The van der Waals surface area contributed by atoms with Gasteiger partial charge in [0.05, 0.1) is 12.1 Å². The summed E-state index contributed by atoms with van der Waals surface area (Å²) in [6.45, 7) is 0. The van der Waals surface area contributed by atoms with Gasteiger partial charge in [-0.05, 0) is 49.1 Å². The third-order valence-electron chi connectivity index (χ3n) is 4.48. The van der Waals surface area contributed by atoms with E-state index in [0.29, 0.717) is 17.7 Å². The highest BCUT2D eigenvalue weighted by molar-refractivity contribution is 7.99. The zero-order valence-electron chi connectivity index (χ0n) is 11.7. The van der Waals surface area contributed by atoms with Crippen LogP contribution in [0.25, 0.3) is 0 Å². The molecule has 2 aliphatic rings. The van der Waals surface area contributed by atoms with Gasteiger partial charge in [-0.15, -0.1) is 5.10 Å². The van der Waals surface area contributed by atoms with E-state index in [1.807, 2.05) is 11.7 Å². The number of rotatable bonds is 6. The van der Waals surface area contributed by atoms with Gasteiger partial charge in [0.25, 0.3) is 0 Å². The van der Waals surface area contributed by atoms with Crippen LogP contribution in [0.5, 0.6) is 0 Å². The van der Waals surface area contributed by atoms with Gasteiger partial charge in [0.15, 0.2) is 0 Å². The number of hydrogen-bond acceptors (Lipinski definition) is 6. The van der Waals surface area contributed by atoms with Crippen molar-refractivity contribution in [2.24, 2.45) is 5.92 Å². The lowest BCUT2D eigenvalue weighted by atomic mass is 9.98. The van der Waals surface area contributed by atoms with Gasteiger partial charge in [0.2, 0.25) is 5.16 Å². The fourth-order valence-electron chi connectivity index (χ4n) is 2.99. The molecule has 2 aliphatic carbocycles. The number of thioether (sulfide) groups is 1. The Morgan fingerprint density at radius 3 is 2.75 bits per heavy atom. The summed E-state index contributed by atoms with van der Waals surface area (Å²) in [5.41, 5.74) is -0.433. The molecule has 0 aliphatic heterocycles. The van der Waals surface area contributed by atoms with Gasteiger partial charge in [-0.25, -0.2) is 4.68 Å². The molecule has 1 unspecified atom stereocenters. The van der Waals surface area contributed by atoms with Crippen LogP contribution in [0, 0.1) is 17.2 Å². The first-order chi connectivity index (χ1) is 9.79. The lowest BCUT2D eigenvalue weighted by Crippen LogP contribution is -2.46. The van der Waals surface area contributed by atoms with Crippen molar-refractivity contribution in [3.63, 3.8) is 0 Å². The minimum absolute atomic E-state index is 0.433. The lowest BCUT2D eigenvalue weighted by molar-refractivity contribution is 0.419. The number of tetrazole rings is 1. The van der Waals surface area contributed by atoms with E-state index in [1.54, 1.807) is 11.8 Å². The molecule has 0 bridgehead atoms. The normalized spacial score (nSPS) is 22.6. The van der Waals surface area contributed by atoms with Crippen molar-refractivity contribution in [1.82, 2.24) is 25.5 Å². The second-order valence-electron chi connectivity index (χ2n) is 5.74. The summed E-state index contributed by atoms with van der Waals surface area (Å²) in [7, 11) is 1.88. The van der Waals surface area contributed by atoms with Gasteiger partial charge in [-0.2, -0.15) is 5.26 Å². The van der Waals surface area contributed by atoms with Gasteiger partial charge in [-0.3, -0.25) is 0 Å². The minimum atomic E-state index is -0.433. The predicted octanol–water partition coefficient (Wildman–Crippen LogP) is 1.77. The molecular formula is C13H20N6S. The van der Waals surface area contributed by atoms with Gasteiger partial charge in [0, 0.05) is 5.75 Å². The molecule has 0 saturated heterocycles. The van der Waals surface area contributed by atoms with E-state index < -0.39 is 5.54 Å². The molecule has 2 fully saturated rings. The SMILES string of the molecule is CNC(C#N)(CSc1nnnn1C1CCCC1)C1CC1. The van der Waals surface area contributed by atoms with Crippen LogP contribution in [0.15, 0.2) is 5.16 Å². The van der Waals surface area contributed by atoms with Crippen LogP contribution >= 0.6 is 11.8 Å². The van der Waals surface area contributed by atoms with Gasteiger partial charge >= 0.3 is 0 Å². The van der Waals surface area contributed by atoms with Gasteiger partial charge in [0.1, 0.15) is 5.54 Å². The first-order valence-corrected chi connectivity index (χ1v) is 8.28. The van der Waals surface area contributed by atoms with Crippen molar-refractivity contribution in [1.29, 1.82) is 5.26 Å². The quantitative estimate of drug-likeness (QED) is 0.805. The summed E-state index contributed by atoms with van der Waals surface area (Å²) in [4.78, 5) is 0. The second-order valence-corrected chi connectivity index (χ2v) is 6.68. The van der Waals surface area contributed by atoms with Gasteiger partial charge < -0.3 is 5.32 Å². The molecule has 0 amide bonds. The molecule has 1 heterocycles. The summed E-state index contributed by atoms with van der Waals surface area (Å²) in [5.74, 6) is 1.18. The van der Waals surface area contributed by atoms with Crippen molar-refractivity contribution in [3.8, 4) is 6.07 Å². The van der Waals surface area contributed by atoms with E-state index in [2.05, 4.69) is 26.9 Å². The summed E-state index contributed by atoms with van der Waals surface area (Å²) < 4.78 is 1.96. The van der Waals surface area contributed by atoms with Crippen LogP contribution < -0.4 is 5.32 Å². The molecule has 2 saturated carbocycles. The average Bonchev–Trinajstić information content (AvgIpc) is 3.02. The maximum absolute atomic E-state index is 9.51. The number of hydrogen-bond donors (Lipinski definition) is 1. The smallest absolute Gasteiger partial charge is 0.209 e. The topological polar surface area (TPSA) is 79.4 Å². The van der Waals surface area contributed by atoms with Gasteiger partial charge in [-0.1, -0.05) is 24.6 Å². The Labute approximate surface area is 123 Å². The molecule has 1 aromatic rings. The van der Waals surface area contributed by atoms with Crippen molar-refractivity contribution < 1.29 is 0 Å². The Morgan fingerprint density at radius 1 is 1.40 bits per heavy atom. The van der Waals surface area contributed by atoms with E-state index in [9.17, 15) is 5.26 Å². The van der Waals surface area contributed by atoms with Crippen LogP contribution in [-0.4, -0.2) is 38.5 Å². The maximum atomic E-state index is 9.51. The third-order valence-corrected chi connectivity index (χ3v) is 5.61. The second kappa shape index (κ2) is 5.70.